The van der Waals surface area contributed by atoms with Gasteiger partial charge in [0.2, 0.25) is 0 Å². The lowest BCUT2D eigenvalue weighted by molar-refractivity contribution is 0.145. The lowest BCUT2D eigenvalue weighted by atomic mass is 10.4. The van der Waals surface area contributed by atoms with Crippen molar-refractivity contribution in [1.29, 1.82) is 0 Å². The van der Waals surface area contributed by atoms with Crippen molar-refractivity contribution >= 4 is 0 Å². The molecule has 0 aliphatic heterocycles. The van der Waals surface area contributed by atoms with Gasteiger partial charge < -0.3 is 15.0 Å². The largest absolute Gasteiger partial charge is 0.382 e. The second-order valence-electron chi connectivity index (χ2n) is 3.46. The van der Waals surface area contributed by atoms with Crippen molar-refractivity contribution in [1.82, 2.24) is 10.2 Å². The van der Waals surface area contributed by atoms with Crippen LogP contribution in [0.1, 0.15) is 19.8 Å². The van der Waals surface area contributed by atoms with Gasteiger partial charge in [0, 0.05) is 13.2 Å². The third kappa shape index (κ3) is 11.9. The first kappa shape index (κ1) is 12.9. The van der Waals surface area contributed by atoms with Crippen molar-refractivity contribution in [3.05, 3.63) is 0 Å². The second-order valence-corrected chi connectivity index (χ2v) is 3.46. The van der Waals surface area contributed by atoms with Crippen molar-refractivity contribution in [2.75, 3.05) is 46.9 Å². The summed E-state index contributed by atoms with van der Waals surface area (Å²) in [6, 6.07) is 0. The van der Waals surface area contributed by atoms with E-state index in [4.69, 9.17) is 4.74 Å². The molecule has 0 radical (unpaired) electrons. The van der Waals surface area contributed by atoms with Gasteiger partial charge in [-0.05, 0) is 53.5 Å². The summed E-state index contributed by atoms with van der Waals surface area (Å²) in [5, 5.41) is 3.39. The molecule has 0 aromatic carbocycles. The summed E-state index contributed by atoms with van der Waals surface area (Å²) in [5.41, 5.74) is 0. The topological polar surface area (TPSA) is 24.5 Å². The third-order valence-corrected chi connectivity index (χ3v) is 1.81. The van der Waals surface area contributed by atoms with E-state index in [1.165, 1.54) is 13.0 Å². The van der Waals surface area contributed by atoms with Crippen LogP contribution in [-0.4, -0.2) is 51.8 Å². The van der Waals surface area contributed by atoms with Gasteiger partial charge in [-0.3, -0.25) is 0 Å². The number of hydrogen-bond acceptors (Lipinski definition) is 3. The standard InChI is InChI=1S/C10H24N2O/c1-4-13-10-6-8-11-7-5-9-12(2)3/h11H,4-10H2,1-3H3. The molecule has 0 aromatic heterocycles. The Bertz CT molecular complexity index is 96.9. The molecule has 3 heteroatoms. The maximum atomic E-state index is 5.23. The summed E-state index contributed by atoms with van der Waals surface area (Å²) in [6.45, 7) is 7.11. The van der Waals surface area contributed by atoms with E-state index in [-0.39, 0.29) is 0 Å². The predicted molar refractivity (Wildman–Crippen MR) is 57.2 cm³/mol. The monoisotopic (exact) mass is 188 g/mol. The van der Waals surface area contributed by atoms with Crippen LogP contribution >= 0.6 is 0 Å². The van der Waals surface area contributed by atoms with Gasteiger partial charge in [-0.2, -0.15) is 0 Å². The van der Waals surface area contributed by atoms with E-state index in [1.54, 1.807) is 0 Å². The van der Waals surface area contributed by atoms with Gasteiger partial charge in [0.1, 0.15) is 0 Å². The first-order valence-corrected chi connectivity index (χ1v) is 5.20. The van der Waals surface area contributed by atoms with Gasteiger partial charge in [-0.1, -0.05) is 0 Å². The molecular weight excluding hydrogens is 164 g/mol. The highest BCUT2D eigenvalue weighted by Crippen LogP contribution is 1.83. The molecule has 0 unspecified atom stereocenters. The van der Waals surface area contributed by atoms with Crippen LogP contribution in [0.15, 0.2) is 0 Å². The lowest BCUT2D eigenvalue weighted by Gasteiger charge is -2.09. The fourth-order valence-electron chi connectivity index (χ4n) is 1.09. The second kappa shape index (κ2) is 9.96. The summed E-state index contributed by atoms with van der Waals surface area (Å²) in [4.78, 5) is 2.21. The average molecular weight is 188 g/mol. The fraction of sp³-hybridized carbons (Fsp3) is 1.00. The highest BCUT2D eigenvalue weighted by molar-refractivity contribution is 4.50. The third-order valence-electron chi connectivity index (χ3n) is 1.81. The van der Waals surface area contributed by atoms with E-state index in [0.717, 1.165) is 32.7 Å². The number of hydrogen-bond donors (Lipinski definition) is 1. The van der Waals surface area contributed by atoms with Crippen LogP contribution < -0.4 is 5.32 Å². The minimum atomic E-state index is 0.834. The Balaban J connectivity index is 2.84. The molecule has 0 rings (SSSR count). The van der Waals surface area contributed by atoms with Crippen LogP contribution in [0.3, 0.4) is 0 Å². The SMILES string of the molecule is CCOCCCNCCCN(C)C. The Hall–Kier alpha value is -0.120. The molecule has 0 saturated heterocycles. The Morgan fingerprint density at radius 3 is 2.46 bits per heavy atom. The molecular formula is C10H24N2O. The zero-order chi connectivity index (χ0) is 9.94. The van der Waals surface area contributed by atoms with Crippen molar-refractivity contribution in [2.45, 2.75) is 19.8 Å². The summed E-state index contributed by atoms with van der Waals surface area (Å²) >= 11 is 0. The fourth-order valence-corrected chi connectivity index (χ4v) is 1.09. The molecule has 0 aliphatic rings. The molecule has 0 saturated carbocycles. The molecule has 80 valence electrons. The van der Waals surface area contributed by atoms with E-state index in [2.05, 4.69) is 24.3 Å². The Labute approximate surface area is 82.4 Å². The van der Waals surface area contributed by atoms with Crippen LogP contribution in [0, 0.1) is 0 Å². The minimum Gasteiger partial charge on any atom is -0.382 e. The van der Waals surface area contributed by atoms with E-state index >= 15 is 0 Å². The van der Waals surface area contributed by atoms with Crippen molar-refractivity contribution < 1.29 is 4.74 Å². The van der Waals surface area contributed by atoms with Crippen LogP contribution in [0.4, 0.5) is 0 Å². The van der Waals surface area contributed by atoms with Crippen molar-refractivity contribution in [2.24, 2.45) is 0 Å². The normalized spacial score (nSPS) is 11.1. The number of nitrogens with zero attached hydrogens (tertiary/aromatic N) is 1. The smallest absolute Gasteiger partial charge is 0.0477 e. The summed E-state index contributed by atoms with van der Waals surface area (Å²) in [6.07, 6.45) is 2.34. The molecule has 0 amide bonds. The minimum absolute atomic E-state index is 0.834. The molecule has 0 aliphatic carbocycles. The zero-order valence-corrected chi connectivity index (χ0v) is 9.31. The summed E-state index contributed by atoms with van der Waals surface area (Å²) < 4.78 is 5.23. The highest BCUT2D eigenvalue weighted by Gasteiger charge is 1.90. The van der Waals surface area contributed by atoms with Crippen LogP contribution in [0.5, 0.6) is 0 Å². The van der Waals surface area contributed by atoms with Crippen LogP contribution in [0.25, 0.3) is 0 Å². The zero-order valence-electron chi connectivity index (χ0n) is 9.31. The molecule has 3 nitrogen and oxygen atoms in total. The van der Waals surface area contributed by atoms with Crippen molar-refractivity contribution in [3.8, 4) is 0 Å². The van der Waals surface area contributed by atoms with Gasteiger partial charge >= 0.3 is 0 Å². The first-order valence-electron chi connectivity index (χ1n) is 5.20. The summed E-state index contributed by atoms with van der Waals surface area (Å²) in [7, 11) is 4.21. The molecule has 0 atom stereocenters. The van der Waals surface area contributed by atoms with Gasteiger partial charge in [0.05, 0.1) is 0 Å². The Morgan fingerprint density at radius 2 is 1.85 bits per heavy atom. The quantitative estimate of drug-likeness (QED) is 0.545. The predicted octanol–water partition coefficient (Wildman–Crippen LogP) is 0.954. The van der Waals surface area contributed by atoms with E-state index in [0.29, 0.717) is 0 Å². The number of nitrogens with one attached hydrogen (secondary N) is 1. The van der Waals surface area contributed by atoms with Crippen LogP contribution in [-0.2, 0) is 4.74 Å². The van der Waals surface area contributed by atoms with Crippen LogP contribution in [0.2, 0.25) is 0 Å². The van der Waals surface area contributed by atoms with Gasteiger partial charge in [-0.15, -0.1) is 0 Å². The van der Waals surface area contributed by atoms with E-state index in [9.17, 15) is 0 Å². The molecule has 0 bridgehead atoms. The summed E-state index contributed by atoms with van der Waals surface area (Å²) in [5.74, 6) is 0. The maximum Gasteiger partial charge on any atom is 0.0477 e. The van der Waals surface area contributed by atoms with Crippen molar-refractivity contribution in [3.63, 3.8) is 0 Å². The maximum absolute atomic E-state index is 5.23. The molecule has 0 heterocycles. The van der Waals surface area contributed by atoms with E-state index in [1.807, 2.05) is 6.92 Å². The number of rotatable bonds is 9. The molecule has 0 aromatic rings. The number of ether oxygens (including phenoxy) is 1. The molecule has 1 N–H and O–H groups in total. The molecule has 13 heavy (non-hydrogen) atoms. The van der Waals surface area contributed by atoms with Gasteiger partial charge in [0.25, 0.3) is 0 Å². The van der Waals surface area contributed by atoms with Gasteiger partial charge in [0.15, 0.2) is 0 Å². The molecule has 0 fully saturated rings. The van der Waals surface area contributed by atoms with E-state index < -0.39 is 0 Å². The highest BCUT2D eigenvalue weighted by atomic mass is 16.5. The lowest BCUT2D eigenvalue weighted by Crippen LogP contribution is -2.22. The first-order chi connectivity index (χ1) is 6.27. The Morgan fingerprint density at radius 1 is 1.15 bits per heavy atom. The Kier molecular flexibility index (Phi) is 9.87. The van der Waals surface area contributed by atoms with Gasteiger partial charge in [-0.25, -0.2) is 0 Å². The average Bonchev–Trinajstić information content (AvgIpc) is 2.09. The molecule has 0 spiro atoms.